The number of rotatable bonds is 5. The predicted octanol–water partition coefficient (Wildman–Crippen LogP) is 1.99. The van der Waals surface area contributed by atoms with E-state index in [9.17, 15) is 4.79 Å². The quantitative estimate of drug-likeness (QED) is 0.727. The van der Waals surface area contributed by atoms with Crippen molar-refractivity contribution in [1.29, 1.82) is 0 Å². The topological polar surface area (TPSA) is 29.1 Å². The van der Waals surface area contributed by atoms with Gasteiger partial charge < -0.3 is 5.32 Å². The molecule has 0 radical (unpaired) electrons. The average Bonchev–Trinajstić information content (AvgIpc) is 2.94. The van der Waals surface area contributed by atoms with Crippen molar-refractivity contribution in [2.45, 2.75) is 39.0 Å². The van der Waals surface area contributed by atoms with Crippen molar-refractivity contribution in [1.82, 2.24) is 5.32 Å². The van der Waals surface area contributed by atoms with Crippen molar-refractivity contribution in [2.75, 3.05) is 13.1 Å². The molecule has 80 valence electrons. The smallest absolute Gasteiger partial charge is 0.135 e. The molecule has 1 saturated carbocycles. The zero-order valence-electron chi connectivity index (χ0n) is 9.09. The molecule has 2 aliphatic rings. The summed E-state index contributed by atoms with van der Waals surface area (Å²) in [5.41, 5.74) is 0. The van der Waals surface area contributed by atoms with Crippen molar-refractivity contribution in [3.63, 3.8) is 0 Å². The molecule has 2 nitrogen and oxygen atoms in total. The van der Waals surface area contributed by atoms with Crippen molar-refractivity contribution in [2.24, 2.45) is 17.8 Å². The van der Waals surface area contributed by atoms with Crippen LogP contribution in [0, 0.1) is 17.8 Å². The molecule has 14 heavy (non-hydrogen) atoms. The molecule has 1 aliphatic carbocycles. The highest BCUT2D eigenvalue weighted by Crippen LogP contribution is 2.33. The lowest BCUT2D eigenvalue weighted by Gasteiger charge is -2.15. The van der Waals surface area contributed by atoms with Crippen LogP contribution >= 0.6 is 0 Å². The molecule has 2 rings (SSSR count). The molecule has 0 aromatic rings. The molecule has 1 saturated heterocycles. The molecular weight excluding hydrogens is 174 g/mol. The van der Waals surface area contributed by atoms with E-state index in [2.05, 4.69) is 12.2 Å². The summed E-state index contributed by atoms with van der Waals surface area (Å²) in [6, 6.07) is 0. The fourth-order valence-electron chi connectivity index (χ4n) is 2.54. The van der Waals surface area contributed by atoms with Crippen LogP contribution in [-0.2, 0) is 4.79 Å². The summed E-state index contributed by atoms with van der Waals surface area (Å²) in [5.74, 6) is 2.58. The maximum absolute atomic E-state index is 11.5. The molecule has 1 N–H and O–H groups in total. The first-order valence-corrected chi connectivity index (χ1v) is 6.04. The molecule has 0 spiro atoms. The van der Waals surface area contributed by atoms with E-state index < -0.39 is 0 Å². The van der Waals surface area contributed by atoms with Gasteiger partial charge in [-0.05, 0) is 44.2 Å². The first kappa shape index (κ1) is 10.2. The fraction of sp³-hybridized carbons (Fsp3) is 0.917. The maximum Gasteiger partial charge on any atom is 0.135 e. The first-order chi connectivity index (χ1) is 6.81. The Bertz CT molecular complexity index is 210. The van der Waals surface area contributed by atoms with Crippen LogP contribution in [0.2, 0.25) is 0 Å². The Morgan fingerprint density at radius 3 is 2.64 bits per heavy atom. The molecule has 0 aromatic heterocycles. The molecule has 1 aliphatic heterocycles. The Hall–Kier alpha value is -0.370. The Kier molecular flexibility index (Phi) is 3.22. The number of carbonyl (C=O) groups excluding carboxylic acids is 1. The van der Waals surface area contributed by atoms with Crippen LogP contribution in [0.3, 0.4) is 0 Å². The highest BCUT2D eigenvalue weighted by Gasteiger charge is 2.31. The van der Waals surface area contributed by atoms with E-state index in [1.807, 2.05) is 0 Å². The molecule has 0 amide bonds. The number of hydrogen-bond acceptors (Lipinski definition) is 2. The summed E-state index contributed by atoms with van der Waals surface area (Å²) in [4.78, 5) is 11.5. The highest BCUT2D eigenvalue weighted by molar-refractivity contribution is 5.83. The summed E-state index contributed by atoms with van der Waals surface area (Å²) in [6.45, 7) is 4.56. The molecule has 2 heteroatoms. The molecular formula is C12H21NO. The number of nitrogens with one attached hydrogen (secondary N) is 1. The number of ketones is 1. The summed E-state index contributed by atoms with van der Waals surface area (Å²) >= 11 is 0. The average molecular weight is 195 g/mol. The van der Waals surface area contributed by atoms with Gasteiger partial charge in [0.1, 0.15) is 5.78 Å². The highest BCUT2D eigenvalue weighted by atomic mass is 16.1. The minimum Gasteiger partial charge on any atom is -0.316 e. The second-order valence-electron chi connectivity index (χ2n) is 4.87. The van der Waals surface area contributed by atoms with Crippen LogP contribution in [0.25, 0.3) is 0 Å². The van der Waals surface area contributed by atoms with Crippen LogP contribution in [0.1, 0.15) is 39.0 Å². The molecule has 2 atom stereocenters. The van der Waals surface area contributed by atoms with E-state index in [0.717, 1.165) is 31.2 Å². The molecule has 0 aromatic carbocycles. The van der Waals surface area contributed by atoms with Gasteiger partial charge >= 0.3 is 0 Å². The van der Waals surface area contributed by atoms with Gasteiger partial charge in [0.15, 0.2) is 0 Å². The minimum absolute atomic E-state index is 0.462. The van der Waals surface area contributed by atoms with Gasteiger partial charge in [0.2, 0.25) is 0 Å². The fourth-order valence-corrected chi connectivity index (χ4v) is 2.54. The molecule has 1 heterocycles. The van der Waals surface area contributed by atoms with Crippen molar-refractivity contribution in [3.8, 4) is 0 Å². The lowest BCUT2D eigenvalue weighted by atomic mass is 9.88. The van der Waals surface area contributed by atoms with Gasteiger partial charge in [-0.3, -0.25) is 4.79 Å². The van der Waals surface area contributed by atoms with Gasteiger partial charge in [-0.15, -0.1) is 0 Å². The molecule has 0 bridgehead atoms. The van der Waals surface area contributed by atoms with E-state index in [0.29, 0.717) is 11.7 Å². The first-order valence-electron chi connectivity index (χ1n) is 6.04. The third-order valence-electron chi connectivity index (χ3n) is 3.80. The van der Waals surface area contributed by atoms with E-state index in [1.54, 1.807) is 0 Å². The Morgan fingerprint density at radius 1 is 1.29 bits per heavy atom. The minimum atomic E-state index is 0.462. The summed E-state index contributed by atoms with van der Waals surface area (Å²) in [5, 5.41) is 3.43. The van der Waals surface area contributed by atoms with E-state index >= 15 is 0 Å². The van der Waals surface area contributed by atoms with Gasteiger partial charge in [-0.1, -0.05) is 13.3 Å². The van der Waals surface area contributed by atoms with Gasteiger partial charge in [0.05, 0.1) is 0 Å². The zero-order chi connectivity index (χ0) is 9.97. The number of carbonyl (C=O) groups is 1. The zero-order valence-corrected chi connectivity index (χ0v) is 9.09. The molecule has 2 unspecified atom stereocenters. The normalized spacial score (nSPS) is 32.1. The van der Waals surface area contributed by atoms with Gasteiger partial charge in [-0.25, -0.2) is 0 Å². The summed E-state index contributed by atoms with van der Waals surface area (Å²) in [6.07, 6.45) is 5.56. The van der Waals surface area contributed by atoms with E-state index in [-0.39, 0.29) is 0 Å². The van der Waals surface area contributed by atoms with E-state index in [1.165, 1.54) is 25.8 Å². The number of hydrogen-bond donors (Lipinski definition) is 1. The van der Waals surface area contributed by atoms with Crippen LogP contribution in [-0.4, -0.2) is 18.9 Å². The lowest BCUT2D eigenvalue weighted by Crippen LogP contribution is -2.14. The van der Waals surface area contributed by atoms with Gasteiger partial charge in [-0.2, -0.15) is 0 Å². The Morgan fingerprint density at radius 2 is 2.00 bits per heavy atom. The Labute approximate surface area is 86.5 Å². The summed E-state index contributed by atoms with van der Waals surface area (Å²) < 4.78 is 0. The van der Waals surface area contributed by atoms with Crippen LogP contribution in [0.15, 0.2) is 0 Å². The lowest BCUT2D eigenvalue weighted by molar-refractivity contribution is -0.120. The largest absolute Gasteiger partial charge is 0.316 e. The second-order valence-corrected chi connectivity index (χ2v) is 4.87. The van der Waals surface area contributed by atoms with Gasteiger partial charge in [0.25, 0.3) is 0 Å². The van der Waals surface area contributed by atoms with Gasteiger partial charge in [0, 0.05) is 12.3 Å². The standard InChI is InChI=1S/C12H21NO/c1-2-9-7-13-8-11(9)5-6-12(14)10-3-4-10/h9-11,13H,2-8H2,1H3. The van der Waals surface area contributed by atoms with E-state index in [4.69, 9.17) is 0 Å². The maximum atomic E-state index is 11.5. The van der Waals surface area contributed by atoms with Crippen molar-refractivity contribution < 1.29 is 4.79 Å². The van der Waals surface area contributed by atoms with Crippen molar-refractivity contribution in [3.05, 3.63) is 0 Å². The third-order valence-corrected chi connectivity index (χ3v) is 3.80. The SMILES string of the molecule is CCC1CNCC1CCC(=O)C1CC1. The van der Waals surface area contributed by atoms with Crippen LogP contribution < -0.4 is 5.32 Å². The van der Waals surface area contributed by atoms with Crippen molar-refractivity contribution >= 4 is 5.78 Å². The monoisotopic (exact) mass is 195 g/mol. The second kappa shape index (κ2) is 4.43. The van der Waals surface area contributed by atoms with Crippen LogP contribution in [0.5, 0.6) is 0 Å². The molecule has 2 fully saturated rings. The van der Waals surface area contributed by atoms with Crippen LogP contribution in [0.4, 0.5) is 0 Å². The third kappa shape index (κ3) is 2.35. The number of Topliss-reactive ketones (excluding diaryl/α,β-unsaturated/α-hetero) is 1. The Balaban J connectivity index is 1.70. The summed E-state index contributed by atoms with van der Waals surface area (Å²) in [7, 11) is 0. The predicted molar refractivity (Wildman–Crippen MR) is 57.1 cm³/mol.